The van der Waals surface area contributed by atoms with E-state index in [1.165, 1.54) is 26.2 Å². The summed E-state index contributed by atoms with van der Waals surface area (Å²) < 4.78 is 0. The first kappa shape index (κ1) is 12.9. The Hall–Kier alpha value is -1.58. The average Bonchev–Trinajstić information content (AvgIpc) is 2.81. The fraction of sp³-hybridized carbons (Fsp3) is 0.571. The Kier molecular flexibility index (Phi) is 3.84. The van der Waals surface area contributed by atoms with Gasteiger partial charge in [-0.2, -0.15) is 0 Å². The van der Waals surface area contributed by atoms with Crippen LogP contribution in [0.4, 0.5) is 0 Å². The van der Waals surface area contributed by atoms with Crippen molar-refractivity contribution in [2.45, 2.75) is 45.6 Å². The number of hydrogen-bond acceptors (Lipinski definition) is 2. The molecule has 2 rings (SSSR count). The van der Waals surface area contributed by atoms with Crippen molar-refractivity contribution >= 4 is 11.7 Å². The van der Waals surface area contributed by atoms with Gasteiger partial charge in [0, 0.05) is 17.8 Å². The minimum Gasteiger partial charge on any atom is -0.356 e. The van der Waals surface area contributed by atoms with E-state index in [0.717, 1.165) is 6.42 Å². The molecule has 2 atom stereocenters. The van der Waals surface area contributed by atoms with Crippen LogP contribution in [0.1, 0.15) is 60.4 Å². The molecule has 1 amide bonds. The molecule has 1 aromatic rings. The van der Waals surface area contributed by atoms with Crippen LogP contribution in [0, 0.1) is 5.92 Å². The highest BCUT2D eigenvalue weighted by Crippen LogP contribution is 2.23. The molecule has 0 aliphatic heterocycles. The summed E-state index contributed by atoms with van der Waals surface area (Å²) in [5.74, 6) is 0.391. The van der Waals surface area contributed by atoms with Gasteiger partial charge in [0.05, 0.1) is 0 Å². The number of ketones is 1. The topological polar surface area (TPSA) is 62.0 Å². The van der Waals surface area contributed by atoms with Gasteiger partial charge >= 0.3 is 0 Å². The summed E-state index contributed by atoms with van der Waals surface area (Å²) in [4.78, 5) is 26.1. The van der Waals surface area contributed by atoms with Gasteiger partial charge in [-0.15, -0.1) is 0 Å². The number of aromatic nitrogens is 1. The number of H-pyrrole nitrogens is 1. The van der Waals surface area contributed by atoms with Crippen molar-refractivity contribution in [3.63, 3.8) is 0 Å². The van der Waals surface area contributed by atoms with Gasteiger partial charge in [-0.3, -0.25) is 9.59 Å². The Balaban J connectivity index is 2.00. The standard InChI is InChI=1S/C14H20N2O2/c1-9-5-3-4-6-12(9)16-14(18)13-7-11(8-15-13)10(2)17/h7-9,12,15H,3-6H2,1-2H3,(H,16,18). The van der Waals surface area contributed by atoms with Crippen LogP contribution in [0.5, 0.6) is 0 Å². The highest BCUT2D eigenvalue weighted by molar-refractivity contribution is 5.99. The molecule has 98 valence electrons. The highest BCUT2D eigenvalue weighted by Gasteiger charge is 2.23. The van der Waals surface area contributed by atoms with Crippen LogP contribution in [-0.4, -0.2) is 22.7 Å². The van der Waals surface area contributed by atoms with Gasteiger partial charge in [-0.1, -0.05) is 19.8 Å². The zero-order valence-electron chi connectivity index (χ0n) is 11.0. The van der Waals surface area contributed by atoms with Crippen LogP contribution in [0.15, 0.2) is 12.3 Å². The lowest BCUT2D eigenvalue weighted by Crippen LogP contribution is -2.41. The van der Waals surface area contributed by atoms with E-state index in [1.54, 1.807) is 12.3 Å². The Morgan fingerprint density at radius 2 is 2.06 bits per heavy atom. The number of nitrogens with one attached hydrogen (secondary N) is 2. The van der Waals surface area contributed by atoms with E-state index >= 15 is 0 Å². The minimum absolute atomic E-state index is 0.0312. The number of carbonyl (C=O) groups excluding carboxylic acids is 2. The monoisotopic (exact) mass is 248 g/mol. The van der Waals surface area contributed by atoms with Crippen molar-refractivity contribution in [1.82, 2.24) is 10.3 Å². The number of Topliss-reactive ketones (excluding diaryl/α,β-unsaturated/α-hetero) is 1. The van der Waals surface area contributed by atoms with Crippen molar-refractivity contribution in [1.29, 1.82) is 0 Å². The summed E-state index contributed by atoms with van der Waals surface area (Å²) in [7, 11) is 0. The predicted molar refractivity (Wildman–Crippen MR) is 69.7 cm³/mol. The van der Waals surface area contributed by atoms with Crippen LogP contribution >= 0.6 is 0 Å². The van der Waals surface area contributed by atoms with Gasteiger partial charge < -0.3 is 10.3 Å². The maximum Gasteiger partial charge on any atom is 0.267 e. The number of aromatic amines is 1. The first-order chi connectivity index (χ1) is 8.58. The molecule has 0 radical (unpaired) electrons. The van der Waals surface area contributed by atoms with E-state index in [4.69, 9.17) is 0 Å². The molecule has 1 aliphatic rings. The molecule has 4 nitrogen and oxygen atoms in total. The third-order valence-corrected chi connectivity index (χ3v) is 3.76. The Morgan fingerprint density at radius 1 is 1.33 bits per heavy atom. The van der Waals surface area contributed by atoms with Gasteiger partial charge in [-0.25, -0.2) is 0 Å². The van der Waals surface area contributed by atoms with E-state index in [9.17, 15) is 9.59 Å². The van der Waals surface area contributed by atoms with E-state index in [2.05, 4.69) is 17.2 Å². The van der Waals surface area contributed by atoms with E-state index < -0.39 is 0 Å². The van der Waals surface area contributed by atoms with Crippen LogP contribution < -0.4 is 5.32 Å². The lowest BCUT2D eigenvalue weighted by molar-refractivity contribution is 0.0905. The summed E-state index contributed by atoms with van der Waals surface area (Å²) in [6, 6.07) is 1.88. The normalized spacial score (nSPS) is 23.7. The smallest absolute Gasteiger partial charge is 0.267 e. The summed E-state index contributed by atoms with van der Waals surface area (Å²) in [6.07, 6.45) is 6.24. The fourth-order valence-electron chi connectivity index (χ4n) is 2.51. The van der Waals surface area contributed by atoms with Crippen LogP contribution in [0.25, 0.3) is 0 Å². The average molecular weight is 248 g/mol. The second-order valence-electron chi connectivity index (χ2n) is 5.20. The predicted octanol–water partition coefficient (Wildman–Crippen LogP) is 2.53. The van der Waals surface area contributed by atoms with Gasteiger partial charge in [-0.05, 0) is 31.7 Å². The largest absolute Gasteiger partial charge is 0.356 e. The third kappa shape index (κ3) is 2.81. The van der Waals surface area contributed by atoms with Crippen molar-refractivity contribution in [2.24, 2.45) is 5.92 Å². The summed E-state index contributed by atoms with van der Waals surface area (Å²) in [6.45, 7) is 3.67. The molecular weight excluding hydrogens is 228 g/mol. The fourth-order valence-corrected chi connectivity index (χ4v) is 2.51. The van der Waals surface area contributed by atoms with E-state index in [-0.39, 0.29) is 17.7 Å². The van der Waals surface area contributed by atoms with Crippen LogP contribution in [0.2, 0.25) is 0 Å². The van der Waals surface area contributed by atoms with Crippen LogP contribution in [0.3, 0.4) is 0 Å². The minimum atomic E-state index is -0.110. The molecule has 1 fully saturated rings. The summed E-state index contributed by atoms with van der Waals surface area (Å²) in [5, 5.41) is 3.06. The van der Waals surface area contributed by atoms with Crippen molar-refractivity contribution in [2.75, 3.05) is 0 Å². The molecular formula is C14H20N2O2. The lowest BCUT2D eigenvalue weighted by Gasteiger charge is -2.29. The molecule has 1 aromatic heterocycles. The third-order valence-electron chi connectivity index (χ3n) is 3.76. The quantitative estimate of drug-likeness (QED) is 0.807. The Labute approximate surface area is 107 Å². The molecule has 4 heteroatoms. The van der Waals surface area contributed by atoms with Gasteiger partial charge in [0.2, 0.25) is 0 Å². The van der Waals surface area contributed by atoms with E-state index in [1.807, 2.05) is 0 Å². The zero-order valence-corrected chi connectivity index (χ0v) is 11.0. The first-order valence-electron chi connectivity index (χ1n) is 6.58. The van der Waals surface area contributed by atoms with E-state index in [0.29, 0.717) is 17.2 Å². The summed E-state index contributed by atoms with van der Waals surface area (Å²) in [5.41, 5.74) is 1.02. The molecule has 0 saturated heterocycles. The van der Waals surface area contributed by atoms with Crippen molar-refractivity contribution in [3.05, 3.63) is 23.5 Å². The van der Waals surface area contributed by atoms with Gasteiger partial charge in [0.1, 0.15) is 5.69 Å². The molecule has 0 spiro atoms. The molecule has 0 bridgehead atoms. The maximum absolute atomic E-state index is 12.0. The first-order valence-corrected chi connectivity index (χ1v) is 6.58. The second-order valence-corrected chi connectivity index (χ2v) is 5.20. The molecule has 18 heavy (non-hydrogen) atoms. The molecule has 0 aromatic carbocycles. The molecule has 1 aliphatic carbocycles. The Morgan fingerprint density at radius 3 is 2.67 bits per heavy atom. The zero-order chi connectivity index (χ0) is 13.1. The maximum atomic E-state index is 12.0. The van der Waals surface area contributed by atoms with Crippen molar-refractivity contribution < 1.29 is 9.59 Å². The van der Waals surface area contributed by atoms with Crippen LogP contribution in [-0.2, 0) is 0 Å². The molecule has 1 saturated carbocycles. The SMILES string of the molecule is CC(=O)c1c[nH]c(C(=O)NC2CCCCC2C)c1. The Bertz CT molecular complexity index is 450. The number of hydrogen-bond donors (Lipinski definition) is 2. The second kappa shape index (κ2) is 5.38. The number of carbonyl (C=O) groups is 2. The lowest BCUT2D eigenvalue weighted by atomic mass is 9.86. The molecule has 1 heterocycles. The number of rotatable bonds is 3. The highest BCUT2D eigenvalue weighted by atomic mass is 16.2. The van der Waals surface area contributed by atoms with Gasteiger partial charge in [0.15, 0.2) is 5.78 Å². The van der Waals surface area contributed by atoms with Gasteiger partial charge in [0.25, 0.3) is 5.91 Å². The summed E-state index contributed by atoms with van der Waals surface area (Å²) >= 11 is 0. The molecule has 2 N–H and O–H groups in total. The van der Waals surface area contributed by atoms with Crippen molar-refractivity contribution in [3.8, 4) is 0 Å². The molecule has 2 unspecified atom stereocenters. The number of amides is 1.